The molecule has 19 heavy (non-hydrogen) atoms. The summed E-state index contributed by atoms with van der Waals surface area (Å²) < 4.78 is 14.8. The van der Waals surface area contributed by atoms with Crippen molar-refractivity contribution in [2.24, 2.45) is 7.05 Å². The van der Waals surface area contributed by atoms with Crippen LogP contribution in [-0.4, -0.2) is 26.8 Å². The van der Waals surface area contributed by atoms with Gasteiger partial charge < -0.3 is 10.4 Å². The zero-order valence-corrected chi connectivity index (χ0v) is 9.92. The summed E-state index contributed by atoms with van der Waals surface area (Å²) >= 11 is 0. The fourth-order valence-electron chi connectivity index (χ4n) is 1.63. The topological polar surface area (TPSA) is 84.2 Å². The Hall–Kier alpha value is -2.70. The number of rotatable bonds is 3. The van der Waals surface area contributed by atoms with Crippen LogP contribution in [0.1, 0.15) is 20.8 Å². The lowest BCUT2D eigenvalue weighted by atomic mass is 10.1. The summed E-state index contributed by atoms with van der Waals surface area (Å²) in [6, 6.07) is 5.12. The van der Waals surface area contributed by atoms with Gasteiger partial charge in [0, 0.05) is 13.2 Å². The zero-order valence-electron chi connectivity index (χ0n) is 9.92. The molecule has 0 unspecified atom stereocenters. The highest BCUT2D eigenvalue weighted by Crippen LogP contribution is 2.19. The van der Waals surface area contributed by atoms with Crippen LogP contribution in [0.25, 0.3) is 0 Å². The molecule has 0 aliphatic carbocycles. The van der Waals surface area contributed by atoms with Gasteiger partial charge in [-0.1, -0.05) is 6.07 Å². The van der Waals surface area contributed by atoms with Crippen molar-refractivity contribution in [3.8, 4) is 0 Å². The largest absolute Gasteiger partial charge is 0.478 e. The van der Waals surface area contributed by atoms with Crippen LogP contribution in [-0.2, 0) is 7.05 Å². The Labute approximate surface area is 107 Å². The highest BCUT2D eigenvalue weighted by atomic mass is 19.1. The highest BCUT2D eigenvalue weighted by Gasteiger charge is 2.18. The van der Waals surface area contributed by atoms with Crippen LogP contribution >= 0.6 is 0 Å². The average Bonchev–Trinajstić information content (AvgIpc) is 2.75. The van der Waals surface area contributed by atoms with E-state index in [2.05, 4.69) is 10.4 Å². The number of halogens is 1. The first kappa shape index (κ1) is 12.7. The molecular formula is C12H10FN3O3. The molecule has 2 rings (SSSR count). The van der Waals surface area contributed by atoms with Gasteiger partial charge in [-0.3, -0.25) is 9.48 Å². The van der Waals surface area contributed by atoms with Crippen molar-refractivity contribution in [3.05, 3.63) is 47.5 Å². The molecule has 0 aliphatic rings. The number of aryl methyl sites for hydroxylation is 1. The maximum Gasteiger partial charge on any atom is 0.340 e. The van der Waals surface area contributed by atoms with Crippen molar-refractivity contribution in [1.29, 1.82) is 0 Å². The quantitative estimate of drug-likeness (QED) is 0.879. The number of aromatic nitrogens is 2. The SMILES string of the molecule is Cn1nccc1C(=O)Nc1cccc(F)c1C(=O)O. The molecular weight excluding hydrogens is 253 g/mol. The minimum atomic E-state index is -1.45. The Morgan fingerprint density at radius 3 is 2.68 bits per heavy atom. The van der Waals surface area contributed by atoms with E-state index in [0.717, 1.165) is 6.07 Å². The van der Waals surface area contributed by atoms with E-state index >= 15 is 0 Å². The number of carboxylic acids is 1. The highest BCUT2D eigenvalue weighted by molar-refractivity contribution is 6.06. The fourth-order valence-corrected chi connectivity index (χ4v) is 1.63. The van der Waals surface area contributed by atoms with E-state index in [0.29, 0.717) is 0 Å². The number of nitrogens with zero attached hydrogens (tertiary/aromatic N) is 2. The second-order valence-electron chi connectivity index (χ2n) is 3.76. The maximum absolute atomic E-state index is 13.4. The van der Waals surface area contributed by atoms with Gasteiger partial charge in [0.1, 0.15) is 17.1 Å². The van der Waals surface area contributed by atoms with Crippen molar-refractivity contribution >= 4 is 17.6 Å². The molecule has 0 spiro atoms. The second-order valence-corrected chi connectivity index (χ2v) is 3.76. The summed E-state index contributed by atoms with van der Waals surface area (Å²) in [5, 5.41) is 15.1. The maximum atomic E-state index is 13.4. The standard InChI is InChI=1S/C12H10FN3O3/c1-16-9(5-6-14-16)11(17)15-8-4-2-3-7(13)10(8)12(18)19/h2-6H,1H3,(H,15,17)(H,18,19). The van der Waals surface area contributed by atoms with Crippen LogP contribution in [0.5, 0.6) is 0 Å². The Balaban J connectivity index is 2.35. The Bertz CT molecular complexity index is 651. The average molecular weight is 263 g/mol. The van der Waals surface area contributed by atoms with Gasteiger partial charge in [0.25, 0.3) is 5.91 Å². The number of carbonyl (C=O) groups excluding carboxylic acids is 1. The molecule has 0 saturated carbocycles. The number of anilines is 1. The third-order valence-electron chi connectivity index (χ3n) is 2.53. The van der Waals surface area contributed by atoms with Crippen LogP contribution in [0.4, 0.5) is 10.1 Å². The molecule has 0 aliphatic heterocycles. The minimum absolute atomic E-state index is 0.0984. The van der Waals surface area contributed by atoms with E-state index in [1.54, 1.807) is 7.05 Å². The lowest BCUT2D eigenvalue weighted by molar-refractivity contribution is 0.0693. The van der Waals surface area contributed by atoms with Crippen LogP contribution < -0.4 is 5.32 Å². The molecule has 1 heterocycles. The van der Waals surface area contributed by atoms with Crippen molar-refractivity contribution in [2.75, 3.05) is 5.32 Å². The van der Waals surface area contributed by atoms with Gasteiger partial charge in [0.2, 0.25) is 0 Å². The molecule has 0 fully saturated rings. The van der Waals surface area contributed by atoms with E-state index in [1.807, 2.05) is 0 Å². The number of hydrogen-bond acceptors (Lipinski definition) is 3. The number of amides is 1. The van der Waals surface area contributed by atoms with Gasteiger partial charge in [0.15, 0.2) is 0 Å². The van der Waals surface area contributed by atoms with Gasteiger partial charge in [0.05, 0.1) is 5.69 Å². The van der Waals surface area contributed by atoms with E-state index in [4.69, 9.17) is 5.11 Å². The molecule has 6 nitrogen and oxygen atoms in total. The number of benzene rings is 1. The molecule has 0 saturated heterocycles. The van der Waals surface area contributed by atoms with Gasteiger partial charge in [-0.15, -0.1) is 0 Å². The molecule has 1 aromatic carbocycles. The van der Waals surface area contributed by atoms with Gasteiger partial charge in [-0.05, 0) is 18.2 Å². The Morgan fingerprint density at radius 1 is 1.37 bits per heavy atom. The predicted molar refractivity (Wildman–Crippen MR) is 64.5 cm³/mol. The van der Waals surface area contributed by atoms with E-state index in [1.165, 1.54) is 29.1 Å². The third-order valence-corrected chi connectivity index (χ3v) is 2.53. The lowest BCUT2D eigenvalue weighted by Gasteiger charge is -2.09. The molecule has 2 aromatic rings. The summed E-state index contributed by atoms with van der Waals surface area (Å²) in [7, 11) is 1.57. The summed E-state index contributed by atoms with van der Waals surface area (Å²) in [6.45, 7) is 0. The lowest BCUT2D eigenvalue weighted by Crippen LogP contribution is -2.18. The summed E-state index contributed by atoms with van der Waals surface area (Å²) in [5.41, 5.74) is -0.433. The van der Waals surface area contributed by atoms with Crippen LogP contribution in [0.3, 0.4) is 0 Å². The van der Waals surface area contributed by atoms with Gasteiger partial charge in [-0.2, -0.15) is 5.10 Å². The third kappa shape index (κ3) is 2.44. The van der Waals surface area contributed by atoms with Crippen molar-refractivity contribution < 1.29 is 19.1 Å². The van der Waals surface area contributed by atoms with Crippen LogP contribution in [0, 0.1) is 5.82 Å². The van der Waals surface area contributed by atoms with Crippen molar-refractivity contribution in [3.63, 3.8) is 0 Å². The van der Waals surface area contributed by atoms with Crippen LogP contribution in [0.15, 0.2) is 30.5 Å². The minimum Gasteiger partial charge on any atom is -0.478 e. The van der Waals surface area contributed by atoms with E-state index < -0.39 is 23.3 Å². The molecule has 7 heteroatoms. The molecule has 0 atom stereocenters. The molecule has 2 N–H and O–H groups in total. The van der Waals surface area contributed by atoms with Crippen molar-refractivity contribution in [1.82, 2.24) is 9.78 Å². The second kappa shape index (κ2) is 4.89. The number of carbonyl (C=O) groups is 2. The fraction of sp³-hybridized carbons (Fsp3) is 0.0833. The number of carboxylic acid groups (broad SMARTS) is 1. The molecule has 0 radical (unpaired) electrons. The molecule has 1 amide bonds. The Morgan fingerprint density at radius 2 is 2.11 bits per heavy atom. The zero-order chi connectivity index (χ0) is 14.0. The Kier molecular flexibility index (Phi) is 3.28. The van der Waals surface area contributed by atoms with E-state index in [-0.39, 0.29) is 11.4 Å². The first-order valence-electron chi connectivity index (χ1n) is 5.32. The van der Waals surface area contributed by atoms with Gasteiger partial charge >= 0.3 is 5.97 Å². The molecule has 0 bridgehead atoms. The predicted octanol–water partition coefficient (Wildman–Crippen LogP) is 1.51. The van der Waals surface area contributed by atoms with E-state index in [9.17, 15) is 14.0 Å². The van der Waals surface area contributed by atoms with Crippen molar-refractivity contribution in [2.45, 2.75) is 0 Å². The summed E-state index contributed by atoms with van der Waals surface area (Å²) in [4.78, 5) is 22.9. The first-order chi connectivity index (χ1) is 9.00. The number of hydrogen-bond donors (Lipinski definition) is 2. The van der Waals surface area contributed by atoms with Gasteiger partial charge in [-0.25, -0.2) is 9.18 Å². The summed E-state index contributed by atoms with van der Waals surface area (Å²) in [5.74, 6) is -2.91. The summed E-state index contributed by atoms with van der Waals surface area (Å²) in [6.07, 6.45) is 1.43. The normalized spacial score (nSPS) is 10.2. The number of nitrogens with one attached hydrogen (secondary N) is 1. The first-order valence-corrected chi connectivity index (χ1v) is 5.32. The monoisotopic (exact) mass is 263 g/mol. The van der Waals surface area contributed by atoms with Crippen LogP contribution in [0.2, 0.25) is 0 Å². The molecule has 1 aromatic heterocycles. The smallest absolute Gasteiger partial charge is 0.340 e. The molecule has 98 valence electrons. The number of aromatic carboxylic acids is 1.